The lowest BCUT2D eigenvalue weighted by Crippen LogP contribution is -2.17. The SMILES string of the molecule is CCCc1[nH]n(-c2ccc(F)cc2)c(=O)c1C=NCCCn1ccnc1. The normalized spacial score (nSPS) is 11.5. The maximum Gasteiger partial charge on any atom is 0.280 e. The Morgan fingerprint density at radius 2 is 2.12 bits per heavy atom. The molecule has 0 saturated heterocycles. The lowest BCUT2D eigenvalue weighted by atomic mass is 10.2. The zero-order valence-corrected chi connectivity index (χ0v) is 14.7. The van der Waals surface area contributed by atoms with Crippen molar-refractivity contribution < 1.29 is 4.39 Å². The largest absolute Gasteiger partial charge is 0.337 e. The van der Waals surface area contributed by atoms with E-state index >= 15 is 0 Å². The van der Waals surface area contributed by atoms with Gasteiger partial charge in [0.15, 0.2) is 0 Å². The van der Waals surface area contributed by atoms with Crippen LogP contribution < -0.4 is 5.56 Å². The molecular weight excluding hydrogens is 333 g/mol. The summed E-state index contributed by atoms with van der Waals surface area (Å²) in [5.41, 5.74) is 1.85. The minimum Gasteiger partial charge on any atom is -0.337 e. The van der Waals surface area contributed by atoms with Gasteiger partial charge in [-0.05, 0) is 37.1 Å². The van der Waals surface area contributed by atoms with E-state index in [2.05, 4.69) is 22.0 Å². The number of hydrogen-bond acceptors (Lipinski definition) is 3. The molecule has 2 heterocycles. The van der Waals surface area contributed by atoms with E-state index in [1.165, 1.54) is 16.8 Å². The Hall–Kier alpha value is -2.96. The molecule has 0 aliphatic rings. The minimum absolute atomic E-state index is 0.168. The first-order valence-corrected chi connectivity index (χ1v) is 8.74. The van der Waals surface area contributed by atoms with Crippen molar-refractivity contribution in [1.29, 1.82) is 0 Å². The van der Waals surface area contributed by atoms with E-state index in [4.69, 9.17) is 0 Å². The molecule has 7 heteroatoms. The summed E-state index contributed by atoms with van der Waals surface area (Å²) >= 11 is 0. The molecule has 0 atom stereocenters. The van der Waals surface area contributed by atoms with Gasteiger partial charge in [-0.2, -0.15) is 0 Å². The van der Waals surface area contributed by atoms with Crippen LogP contribution in [0.5, 0.6) is 0 Å². The molecule has 0 fully saturated rings. The Morgan fingerprint density at radius 1 is 1.31 bits per heavy atom. The number of aliphatic imine (C=N–C) groups is 1. The minimum atomic E-state index is -0.332. The smallest absolute Gasteiger partial charge is 0.280 e. The predicted octanol–water partition coefficient (Wildman–Crippen LogP) is 2.96. The fraction of sp³-hybridized carbons (Fsp3) is 0.316. The molecule has 0 aliphatic carbocycles. The molecule has 2 aromatic heterocycles. The first-order chi connectivity index (χ1) is 12.7. The summed E-state index contributed by atoms with van der Waals surface area (Å²) in [6, 6.07) is 5.84. The lowest BCUT2D eigenvalue weighted by molar-refractivity contribution is 0.626. The second kappa shape index (κ2) is 8.42. The number of imidazole rings is 1. The van der Waals surface area contributed by atoms with Crippen molar-refractivity contribution in [3.8, 4) is 5.69 Å². The standard InChI is InChI=1S/C19H22FN5O/c1-2-4-18-17(13-21-9-3-11-24-12-10-22-14-24)19(26)25(23-18)16-7-5-15(20)6-8-16/h5-8,10,12-14,23H,2-4,9,11H2,1H3. The van der Waals surface area contributed by atoms with Crippen LogP contribution in [0.4, 0.5) is 4.39 Å². The van der Waals surface area contributed by atoms with Crippen molar-refractivity contribution in [1.82, 2.24) is 19.3 Å². The van der Waals surface area contributed by atoms with Crippen LogP contribution in [0.1, 0.15) is 31.0 Å². The van der Waals surface area contributed by atoms with E-state index in [-0.39, 0.29) is 11.4 Å². The molecule has 0 radical (unpaired) electrons. The Bertz CT molecular complexity index is 907. The van der Waals surface area contributed by atoms with E-state index in [0.717, 1.165) is 31.5 Å². The first kappa shape index (κ1) is 17.8. The van der Waals surface area contributed by atoms with Crippen LogP contribution in [0.15, 0.2) is 52.8 Å². The Labute approximate surface area is 151 Å². The summed E-state index contributed by atoms with van der Waals surface area (Å²) in [5, 5.41) is 3.13. The van der Waals surface area contributed by atoms with E-state index < -0.39 is 0 Å². The monoisotopic (exact) mass is 355 g/mol. The van der Waals surface area contributed by atoms with Crippen LogP contribution in [0, 0.1) is 5.82 Å². The third kappa shape index (κ3) is 4.17. The molecule has 6 nitrogen and oxygen atoms in total. The van der Waals surface area contributed by atoms with E-state index in [9.17, 15) is 9.18 Å². The number of nitrogens with zero attached hydrogens (tertiary/aromatic N) is 4. The van der Waals surface area contributed by atoms with Crippen molar-refractivity contribution in [3.63, 3.8) is 0 Å². The van der Waals surface area contributed by atoms with Crippen molar-refractivity contribution in [2.45, 2.75) is 32.7 Å². The van der Waals surface area contributed by atoms with Crippen molar-refractivity contribution in [2.24, 2.45) is 4.99 Å². The summed E-state index contributed by atoms with van der Waals surface area (Å²) in [7, 11) is 0. The van der Waals surface area contributed by atoms with Crippen LogP contribution in [0.25, 0.3) is 5.69 Å². The number of H-pyrrole nitrogens is 1. The average Bonchev–Trinajstić information content (AvgIpc) is 3.25. The second-order valence-electron chi connectivity index (χ2n) is 6.06. The second-order valence-corrected chi connectivity index (χ2v) is 6.06. The highest BCUT2D eigenvalue weighted by atomic mass is 19.1. The maximum atomic E-state index is 13.1. The summed E-state index contributed by atoms with van der Waals surface area (Å²) in [6.45, 7) is 3.52. The van der Waals surface area contributed by atoms with Gasteiger partial charge in [-0.25, -0.2) is 14.1 Å². The van der Waals surface area contributed by atoms with Crippen molar-refractivity contribution in [3.05, 3.63) is 70.4 Å². The topological polar surface area (TPSA) is 68.0 Å². The van der Waals surface area contributed by atoms with Crippen LogP contribution in [0.2, 0.25) is 0 Å². The number of aromatic amines is 1. The third-order valence-electron chi connectivity index (χ3n) is 4.07. The van der Waals surface area contributed by atoms with Gasteiger partial charge >= 0.3 is 0 Å². The highest BCUT2D eigenvalue weighted by Gasteiger charge is 2.13. The van der Waals surface area contributed by atoms with E-state index in [1.807, 2.05) is 10.8 Å². The Balaban J connectivity index is 1.75. The van der Waals surface area contributed by atoms with E-state index in [0.29, 0.717) is 17.8 Å². The lowest BCUT2D eigenvalue weighted by Gasteiger charge is -2.01. The molecule has 0 bridgehead atoms. The molecule has 1 aromatic carbocycles. The van der Waals surface area contributed by atoms with Gasteiger partial charge < -0.3 is 4.57 Å². The molecule has 1 N–H and O–H groups in total. The predicted molar refractivity (Wildman–Crippen MR) is 99.6 cm³/mol. The Morgan fingerprint density at radius 3 is 2.81 bits per heavy atom. The number of nitrogens with one attached hydrogen (secondary N) is 1. The van der Waals surface area contributed by atoms with Gasteiger partial charge in [0.25, 0.3) is 5.56 Å². The summed E-state index contributed by atoms with van der Waals surface area (Å²) in [4.78, 5) is 21.2. The fourth-order valence-corrected chi connectivity index (χ4v) is 2.76. The molecule has 136 valence electrons. The van der Waals surface area contributed by atoms with Gasteiger partial charge in [-0.3, -0.25) is 14.9 Å². The highest BCUT2D eigenvalue weighted by Crippen LogP contribution is 2.10. The molecule has 0 unspecified atom stereocenters. The van der Waals surface area contributed by atoms with Gasteiger partial charge in [0.1, 0.15) is 5.82 Å². The van der Waals surface area contributed by atoms with Crippen LogP contribution in [-0.2, 0) is 13.0 Å². The molecule has 3 rings (SSSR count). The zero-order chi connectivity index (χ0) is 18.4. The molecule has 0 amide bonds. The van der Waals surface area contributed by atoms with Crippen LogP contribution in [-0.4, -0.2) is 32.1 Å². The third-order valence-corrected chi connectivity index (χ3v) is 4.07. The Kier molecular flexibility index (Phi) is 5.78. The zero-order valence-electron chi connectivity index (χ0n) is 14.7. The molecule has 0 saturated carbocycles. The summed E-state index contributed by atoms with van der Waals surface area (Å²) in [6.07, 6.45) is 9.61. The van der Waals surface area contributed by atoms with Gasteiger partial charge in [-0.1, -0.05) is 13.3 Å². The van der Waals surface area contributed by atoms with Gasteiger partial charge in [0.2, 0.25) is 0 Å². The molecule has 26 heavy (non-hydrogen) atoms. The summed E-state index contributed by atoms with van der Waals surface area (Å²) < 4.78 is 16.6. The molecule has 0 aliphatic heterocycles. The van der Waals surface area contributed by atoms with Crippen molar-refractivity contribution >= 4 is 6.21 Å². The van der Waals surface area contributed by atoms with Crippen LogP contribution in [0.3, 0.4) is 0 Å². The number of aromatic nitrogens is 4. The van der Waals surface area contributed by atoms with Gasteiger partial charge in [0, 0.05) is 37.4 Å². The summed E-state index contributed by atoms with van der Waals surface area (Å²) in [5.74, 6) is -0.332. The number of benzene rings is 1. The number of hydrogen-bond donors (Lipinski definition) is 1. The van der Waals surface area contributed by atoms with Gasteiger partial charge in [0.05, 0.1) is 17.6 Å². The number of rotatable bonds is 8. The quantitative estimate of drug-likeness (QED) is 0.499. The highest BCUT2D eigenvalue weighted by molar-refractivity contribution is 5.80. The van der Waals surface area contributed by atoms with Gasteiger partial charge in [-0.15, -0.1) is 0 Å². The van der Waals surface area contributed by atoms with E-state index in [1.54, 1.807) is 30.9 Å². The first-order valence-electron chi connectivity index (χ1n) is 8.74. The van der Waals surface area contributed by atoms with Crippen LogP contribution >= 0.6 is 0 Å². The number of halogens is 1. The molecule has 0 spiro atoms. The molecular formula is C19H22FN5O. The fourth-order valence-electron chi connectivity index (χ4n) is 2.76. The maximum absolute atomic E-state index is 13.1. The van der Waals surface area contributed by atoms with Crippen molar-refractivity contribution in [2.75, 3.05) is 6.54 Å². The average molecular weight is 355 g/mol. The number of aryl methyl sites for hydroxylation is 2. The molecule has 3 aromatic rings.